The lowest BCUT2D eigenvalue weighted by Gasteiger charge is -2.32. The van der Waals surface area contributed by atoms with Crippen molar-refractivity contribution in [2.45, 2.75) is 31.7 Å². The molecule has 4 atom stereocenters. The number of carbonyl (C=O) groups excluding carboxylic acids is 2. The molecule has 1 aromatic carbocycles. The third kappa shape index (κ3) is 3.11. The molecule has 2 bridgehead atoms. The lowest BCUT2D eigenvalue weighted by molar-refractivity contribution is -0.137. The summed E-state index contributed by atoms with van der Waals surface area (Å²) in [5, 5.41) is 0. The van der Waals surface area contributed by atoms with E-state index in [1.54, 1.807) is 4.90 Å². The van der Waals surface area contributed by atoms with E-state index in [0.29, 0.717) is 43.6 Å². The summed E-state index contributed by atoms with van der Waals surface area (Å²) in [6.07, 6.45) is 4.14. The number of nitrogens with zero attached hydrogens (tertiary/aromatic N) is 2. The fourth-order valence-corrected chi connectivity index (χ4v) is 5.03. The molecule has 2 aliphatic carbocycles. The molecule has 3 fully saturated rings. The average molecular weight is 359 g/mol. The van der Waals surface area contributed by atoms with Crippen molar-refractivity contribution < 1.29 is 14.0 Å². The van der Waals surface area contributed by atoms with Crippen LogP contribution in [-0.4, -0.2) is 53.8 Å². The van der Waals surface area contributed by atoms with Crippen LogP contribution >= 0.6 is 0 Å². The predicted molar refractivity (Wildman–Crippen MR) is 95.8 cm³/mol. The Morgan fingerprint density at radius 1 is 0.962 bits per heavy atom. The Hall–Kier alpha value is -1.95. The zero-order valence-electron chi connectivity index (χ0n) is 14.9. The van der Waals surface area contributed by atoms with Gasteiger partial charge in [-0.05, 0) is 61.8 Å². The molecule has 0 radical (unpaired) electrons. The van der Waals surface area contributed by atoms with Gasteiger partial charge in [-0.15, -0.1) is 0 Å². The van der Waals surface area contributed by atoms with E-state index in [9.17, 15) is 14.0 Å². The summed E-state index contributed by atoms with van der Waals surface area (Å²) in [7, 11) is 0. The van der Waals surface area contributed by atoms with Crippen LogP contribution in [0, 0.1) is 23.6 Å². The second-order valence-corrected chi connectivity index (χ2v) is 7.91. The number of hydrogen-bond acceptors (Lipinski definition) is 3. The third-order valence-corrected chi connectivity index (χ3v) is 6.45. The molecule has 26 heavy (non-hydrogen) atoms. The summed E-state index contributed by atoms with van der Waals surface area (Å²) in [4.78, 5) is 29.3. The van der Waals surface area contributed by atoms with Crippen LogP contribution in [0.3, 0.4) is 0 Å². The van der Waals surface area contributed by atoms with Gasteiger partial charge >= 0.3 is 0 Å². The number of fused-ring (bicyclic) bond motifs is 2. The first-order chi connectivity index (χ1) is 12.5. The van der Waals surface area contributed by atoms with Gasteiger partial charge in [-0.25, -0.2) is 4.39 Å². The molecular formula is C20H26FN3O2. The lowest BCUT2D eigenvalue weighted by Crippen LogP contribution is -2.48. The van der Waals surface area contributed by atoms with Crippen molar-refractivity contribution in [3.8, 4) is 0 Å². The minimum Gasteiger partial charge on any atom is -0.341 e. The van der Waals surface area contributed by atoms with Crippen LogP contribution in [0.25, 0.3) is 0 Å². The number of nitrogens with two attached hydrogens (primary N) is 1. The topological polar surface area (TPSA) is 66.6 Å². The Bertz CT molecular complexity index is 691. The molecule has 2 amide bonds. The van der Waals surface area contributed by atoms with Gasteiger partial charge in [0.25, 0.3) is 5.91 Å². The van der Waals surface area contributed by atoms with Gasteiger partial charge in [0, 0.05) is 37.8 Å². The van der Waals surface area contributed by atoms with E-state index in [-0.39, 0.29) is 29.6 Å². The van der Waals surface area contributed by atoms with Crippen molar-refractivity contribution >= 4 is 11.8 Å². The number of carbonyl (C=O) groups is 2. The van der Waals surface area contributed by atoms with Gasteiger partial charge in [-0.3, -0.25) is 9.59 Å². The molecule has 1 aliphatic heterocycles. The normalized spacial score (nSPS) is 31.2. The van der Waals surface area contributed by atoms with Crippen LogP contribution in [0.2, 0.25) is 0 Å². The highest BCUT2D eigenvalue weighted by atomic mass is 19.1. The number of rotatable bonds is 2. The monoisotopic (exact) mass is 359 g/mol. The molecule has 1 heterocycles. The first-order valence-electron chi connectivity index (χ1n) is 9.64. The van der Waals surface area contributed by atoms with Gasteiger partial charge in [-0.1, -0.05) is 0 Å². The van der Waals surface area contributed by atoms with Gasteiger partial charge in [-0.2, -0.15) is 0 Å². The maximum Gasteiger partial charge on any atom is 0.253 e. The Morgan fingerprint density at radius 2 is 1.62 bits per heavy atom. The second kappa shape index (κ2) is 6.99. The van der Waals surface area contributed by atoms with Gasteiger partial charge in [0.15, 0.2) is 0 Å². The first kappa shape index (κ1) is 17.5. The van der Waals surface area contributed by atoms with E-state index in [0.717, 1.165) is 25.7 Å². The van der Waals surface area contributed by atoms with Crippen LogP contribution in [0.1, 0.15) is 36.0 Å². The Kier molecular flexibility index (Phi) is 4.69. The van der Waals surface area contributed by atoms with Crippen molar-refractivity contribution in [2.24, 2.45) is 23.5 Å². The number of halogens is 1. The molecule has 4 unspecified atom stereocenters. The smallest absolute Gasteiger partial charge is 0.253 e. The van der Waals surface area contributed by atoms with Crippen molar-refractivity contribution in [1.82, 2.24) is 9.80 Å². The summed E-state index contributed by atoms with van der Waals surface area (Å²) >= 11 is 0. The largest absolute Gasteiger partial charge is 0.341 e. The summed E-state index contributed by atoms with van der Waals surface area (Å²) in [5.74, 6) is 0.654. The zero-order chi connectivity index (χ0) is 18.3. The molecule has 5 nitrogen and oxygen atoms in total. The Balaban J connectivity index is 1.39. The molecule has 2 N–H and O–H groups in total. The first-order valence-corrected chi connectivity index (χ1v) is 9.64. The van der Waals surface area contributed by atoms with Gasteiger partial charge in [0.1, 0.15) is 5.82 Å². The highest BCUT2D eigenvalue weighted by Crippen LogP contribution is 2.48. The van der Waals surface area contributed by atoms with Crippen LogP contribution in [0.5, 0.6) is 0 Å². The maximum atomic E-state index is 13.1. The van der Waals surface area contributed by atoms with Crippen molar-refractivity contribution in [3.63, 3.8) is 0 Å². The molecule has 0 spiro atoms. The van der Waals surface area contributed by atoms with Gasteiger partial charge in [0.2, 0.25) is 5.91 Å². The van der Waals surface area contributed by atoms with E-state index in [1.807, 2.05) is 4.90 Å². The minimum absolute atomic E-state index is 0.00135. The van der Waals surface area contributed by atoms with E-state index in [2.05, 4.69) is 0 Å². The Morgan fingerprint density at radius 3 is 2.31 bits per heavy atom. The fourth-order valence-electron chi connectivity index (χ4n) is 5.03. The van der Waals surface area contributed by atoms with Gasteiger partial charge < -0.3 is 15.5 Å². The molecule has 0 aromatic heterocycles. The lowest BCUT2D eigenvalue weighted by atomic mass is 9.84. The highest BCUT2D eigenvalue weighted by molar-refractivity contribution is 5.94. The molecule has 1 saturated heterocycles. The van der Waals surface area contributed by atoms with Crippen molar-refractivity contribution in [1.29, 1.82) is 0 Å². The average Bonchev–Trinajstić information content (AvgIpc) is 3.14. The van der Waals surface area contributed by atoms with E-state index >= 15 is 0 Å². The highest BCUT2D eigenvalue weighted by Gasteiger charge is 2.50. The molecular weight excluding hydrogens is 333 g/mol. The van der Waals surface area contributed by atoms with Crippen LogP contribution in [-0.2, 0) is 4.79 Å². The van der Waals surface area contributed by atoms with E-state index < -0.39 is 0 Å². The number of hydrogen-bond donors (Lipinski definition) is 1. The zero-order valence-corrected chi connectivity index (χ0v) is 14.9. The predicted octanol–water partition coefficient (Wildman–Crippen LogP) is 1.87. The standard InChI is InChI=1S/C20H26FN3O2/c21-16-6-4-13(5-7-16)19(25)23-8-1-9-24(11-10-23)20(26)17-14-2-3-15(12-14)18(17)22/h4-7,14-15,17-18H,1-3,8-12,22H2. The molecule has 4 rings (SSSR count). The van der Waals surface area contributed by atoms with E-state index in [4.69, 9.17) is 5.73 Å². The summed E-state index contributed by atoms with van der Waals surface area (Å²) in [6, 6.07) is 5.63. The molecule has 140 valence electrons. The third-order valence-electron chi connectivity index (χ3n) is 6.45. The number of amides is 2. The second-order valence-electron chi connectivity index (χ2n) is 7.91. The maximum absolute atomic E-state index is 13.1. The summed E-state index contributed by atoms with van der Waals surface area (Å²) in [6.45, 7) is 2.35. The molecule has 2 saturated carbocycles. The number of benzene rings is 1. The summed E-state index contributed by atoms with van der Waals surface area (Å²) in [5.41, 5.74) is 6.82. The van der Waals surface area contributed by atoms with Gasteiger partial charge in [0.05, 0.1) is 5.92 Å². The van der Waals surface area contributed by atoms with Crippen molar-refractivity contribution in [2.75, 3.05) is 26.2 Å². The quantitative estimate of drug-likeness (QED) is 0.877. The van der Waals surface area contributed by atoms with Crippen LogP contribution in [0.4, 0.5) is 4.39 Å². The minimum atomic E-state index is -0.351. The fraction of sp³-hybridized carbons (Fsp3) is 0.600. The summed E-state index contributed by atoms with van der Waals surface area (Å²) < 4.78 is 13.1. The molecule has 1 aromatic rings. The van der Waals surface area contributed by atoms with Crippen LogP contribution < -0.4 is 5.73 Å². The van der Waals surface area contributed by atoms with E-state index in [1.165, 1.54) is 24.3 Å². The Labute approximate surface area is 153 Å². The molecule has 3 aliphatic rings. The van der Waals surface area contributed by atoms with Crippen molar-refractivity contribution in [3.05, 3.63) is 35.6 Å². The SMILES string of the molecule is NC1C2CCC(C2)C1C(=O)N1CCCN(C(=O)c2ccc(F)cc2)CC1. The molecule has 6 heteroatoms. The van der Waals surface area contributed by atoms with Crippen LogP contribution in [0.15, 0.2) is 24.3 Å².